The third kappa shape index (κ3) is 5.09. The molecule has 0 aliphatic carbocycles. The van der Waals surface area contributed by atoms with Gasteiger partial charge in [-0.05, 0) is 68.7 Å². The highest BCUT2D eigenvalue weighted by molar-refractivity contribution is 9.13. The van der Waals surface area contributed by atoms with E-state index in [1.165, 1.54) is 16.1 Å². The first-order chi connectivity index (χ1) is 10.1. The summed E-state index contributed by atoms with van der Waals surface area (Å²) in [5.74, 6) is 0. The highest BCUT2D eigenvalue weighted by Crippen LogP contribution is 2.32. The molecule has 5 heteroatoms. The van der Waals surface area contributed by atoms with Crippen molar-refractivity contribution in [1.29, 1.82) is 0 Å². The molecular weight excluding hydrogens is 412 g/mol. The lowest BCUT2D eigenvalue weighted by molar-refractivity contribution is 0.296. The lowest BCUT2D eigenvalue weighted by Gasteiger charge is -2.18. The van der Waals surface area contributed by atoms with E-state index < -0.39 is 0 Å². The van der Waals surface area contributed by atoms with E-state index in [1.807, 2.05) is 0 Å². The van der Waals surface area contributed by atoms with E-state index in [4.69, 9.17) is 0 Å². The zero-order valence-electron chi connectivity index (χ0n) is 12.3. The smallest absolute Gasteiger partial charge is 0.0843 e. The minimum Gasteiger partial charge on any atom is -0.380 e. The van der Waals surface area contributed by atoms with Crippen LogP contribution >= 0.6 is 43.2 Å². The molecule has 1 aromatic carbocycles. The van der Waals surface area contributed by atoms with Crippen LogP contribution in [0.3, 0.4) is 0 Å². The van der Waals surface area contributed by atoms with Gasteiger partial charge in [-0.15, -0.1) is 11.3 Å². The highest BCUT2D eigenvalue weighted by Gasteiger charge is 2.05. The molecule has 0 atom stereocenters. The lowest BCUT2D eigenvalue weighted by atomic mass is 10.2. The number of nitrogens with one attached hydrogen (secondary N) is 1. The van der Waals surface area contributed by atoms with Crippen LogP contribution in [0.15, 0.2) is 38.6 Å². The predicted molar refractivity (Wildman–Crippen MR) is 100 cm³/mol. The van der Waals surface area contributed by atoms with Crippen molar-refractivity contribution in [2.75, 3.05) is 18.4 Å². The molecule has 2 nitrogen and oxygen atoms in total. The van der Waals surface area contributed by atoms with Gasteiger partial charge in [-0.25, -0.2) is 0 Å². The van der Waals surface area contributed by atoms with Crippen molar-refractivity contribution in [3.05, 3.63) is 49.0 Å². The molecule has 1 N–H and O–H groups in total. The molecule has 0 fully saturated rings. The van der Waals surface area contributed by atoms with Crippen LogP contribution in [0, 0.1) is 0 Å². The Morgan fingerprint density at radius 3 is 2.52 bits per heavy atom. The molecule has 0 aliphatic rings. The molecule has 0 spiro atoms. The van der Waals surface area contributed by atoms with Gasteiger partial charge in [0.2, 0.25) is 0 Å². The van der Waals surface area contributed by atoms with Gasteiger partial charge in [0.25, 0.3) is 0 Å². The topological polar surface area (TPSA) is 15.3 Å². The second kappa shape index (κ2) is 8.32. The summed E-state index contributed by atoms with van der Waals surface area (Å²) in [6, 6.07) is 10.9. The summed E-state index contributed by atoms with van der Waals surface area (Å²) in [6.07, 6.45) is 0. The van der Waals surface area contributed by atoms with E-state index in [9.17, 15) is 0 Å². The molecule has 0 unspecified atom stereocenters. The number of hydrogen-bond donors (Lipinski definition) is 1. The van der Waals surface area contributed by atoms with Crippen LogP contribution in [-0.2, 0) is 13.1 Å². The molecule has 21 heavy (non-hydrogen) atoms. The average Bonchev–Trinajstić information content (AvgIpc) is 2.82. The Hall–Kier alpha value is -0.360. The van der Waals surface area contributed by atoms with E-state index in [2.05, 4.69) is 86.3 Å². The van der Waals surface area contributed by atoms with Gasteiger partial charge in [0.15, 0.2) is 0 Å². The number of halogens is 2. The number of anilines is 1. The van der Waals surface area contributed by atoms with E-state index in [0.717, 1.165) is 34.4 Å². The summed E-state index contributed by atoms with van der Waals surface area (Å²) in [6.45, 7) is 8.45. The largest absolute Gasteiger partial charge is 0.380 e. The van der Waals surface area contributed by atoms with Crippen LogP contribution < -0.4 is 5.32 Å². The number of hydrogen-bond acceptors (Lipinski definition) is 3. The SMILES string of the molecule is CCN(CC)Cc1cccc(NCc2cc(Br)c(Br)s2)c1. The molecule has 1 aromatic heterocycles. The Bertz CT molecular complexity index is 560. The molecule has 0 bridgehead atoms. The molecule has 114 valence electrons. The van der Waals surface area contributed by atoms with E-state index >= 15 is 0 Å². The quantitative estimate of drug-likeness (QED) is 0.602. The second-order valence-corrected chi connectivity index (χ2v) is 8.16. The maximum atomic E-state index is 3.54. The van der Waals surface area contributed by atoms with E-state index in [0.29, 0.717) is 0 Å². The van der Waals surface area contributed by atoms with Gasteiger partial charge in [-0.1, -0.05) is 26.0 Å². The standard InChI is InChI=1S/C16H20Br2N2S/c1-3-20(4-2)11-12-6-5-7-13(8-12)19-10-14-9-15(17)16(18)21-14/h5-9,19H,3-4,10-11H2,1-2H3. The third-order valence-electron chi connectivity index (χ3n) is 3.39. The van der Waals surface area contributed by atoms with Gasteiger partial charge in [0, 0.05) is 28.1 Å². The van der Waals surface area contributed by atoms with Crippen molar-refractivity contribution in [1.82, 2.24) is 4.90 Å². The van der Waals surface area contributed by atoms with Crippen LogP contribution in [0.4, 0.5) is 5.69 Å². The number of thiophene rings is 1. The van der Waals surface area contributed by atoms with E-state index in [-0.39, 0.29) is 0 Å². The summed E-state index contributed by atoms with van der Waals surface area (Å²) >= 11 is 8.82. The zero-order chi connectivity index (χ0) is 15.2. The summed E-state index contributed by atoms with van der Waals surface area (Å²) in [4.78, 5) is 3.73. The average molecular weight is 432 g/mol. The first-order valence-electron chi connectivity index (χ1n) is 7.11. The van der Waals surface area contributed by atoms with Crippen molar-refractivity contribution in [2.45, 2.75) is 26.9 Å². The van der Waals surface area contributed by atoms with Crippen molar-refractivity contribution in [3.63, 3.8) is 0 Å². The maximum Gasteiger partial charge on any atom is 0.0843 e. The van der Waals surface area contributed by atoms with Gasteiger partial charge >= 0.3 is 0 Å². The highest BCUT2D eigenvalue weighted by atomic mass is 79.9. The fraction of sp³-hybridized carbons (Fsp3) is 0.375. The van der Waals surface area contributed by atoms with Crippen LogP contribution in [0.2, 0.25) is 0 Å². The molecule has 2 aromatic rings. The van der Waals surface area contributed by atoms with Gasteiger partial charge in [-0.3, -0.25) is 4.90 Å². The Labute approximate surface area is 147 Å². The lowest BCUT2D eigenvalue weighted by Crippen LogP contribution is -2.22. The molecule has 0 amide bonds. The normalized spacial score (nSPS) is 11.1. The van der Waals surface area contributed by atoms with Crippen LogP contribution in [0.1, 0.15) is 24.3 Å². The fourth-order valence-corrected chi connectivity index (χ4v) is 4.27. The zero-order valence-corrected chi connectivity index (χ0v) is 16.3. The van der Waals surface area contributed by atoms with Crippen molar-refractivity contribution in [3.8, 4) is 0 Å². The Balaban J connectivity index is 1.97. The van der Waals surface area contributed by atoms with Gasteiger partial charge in [0.05, 0.1) is 3.79 Å². The summed E-state index contributed by atoms with van der Waals surface area (Å²) < 4.78 is 2.27. The van der Waals surface area contributed by atoms with Crippen LogP contribution in [0.5, 0.6) is 0 Å². The maximum absolute atomic E-state index is 3.54. The second-order valence-electron chi connectivity index (χ2n) is 4.85. The van der Waals surface area contributed by atoms with Crippen LogP contribution in [-0.4, -0.2) is 18.0 Å². The Morgan fingerprint density at radius 1 is 1.14 bits per heavy atom. The van der Waals surface area contributed by atoms with Crippen molar-refractivity contribution < 1.29 is 0 Å². The minimum atomic E-state index is 0.851. The molecule has 0 radical (unpaired) electrons. The Morgan fingerprint density at radius 2 is 1.90 bits per heavy atom. The number of rotatable bonds is 7. The molecule has 0 saturated heterocycles. The van der Waals surface area contributed by atoms with Gasteiger partial charge in [0.1, 0.15) is 0 Å². The summed E-state index contributed by atoms with van der Waals surface area (Å²) in [5.41, 5.74) is 2.54. The molecule has 0 saturated carbocycles. The molecule has 0 aliphatic heterocycles. The fourth-order valence-electron chi connectivity index (χ4n) is 2.15. The van der Waals surface area contributed by atoms with Gasteiger partial charge < -0.3 is 5.32 Å². The summed E-state index contributed by atoms with van der Waals surface area (Å²) in [5, 5.41) is 3.50. The molecule has 1 heterocycles. The molecular formula is C16H20Br2N2S. The summed E-state index contributed by atoms with van der Waals surface area (Å²) in [7, 11) is 0. The van der Waals surface area contributed by atoms with Crippen molar-refractivity contribution >= 4 is 48.9 Å². The minimum absolute atomic E-state index is 0.851. The van der Waals surface area contributed by atoms with Crippen LogP contribution in [0.25, 0.3) is 0 Å². The number of nitrogens with zero attached hydrogens (tertiary/aromatic N) is 1. The monoisotopic (exact) mass is 430 g/mol. The van der Waals surface area contributed by atoms with Gasteiger partial charge in [-0.2, -0.15) is 0 Å². The first-order valence-corrected chi connectivity index (χ1v) is 9.51. The Kier molecular flexibility index (Phi) is 6.74. The first kappa shape index (κ1) is 17.0. The molecule has 2 rings (SSSR count). The van der Waals surface area contributed by atoms with Crippen molar-refractivity contribution in [2.24, 2.45) is 0 Å². The predicted octanol–water partition coefficient (Wildman–Crippen LogP) is 5.73. The third-order valence-corrected chi connectivity index (χ3v) is 6.65. The number of benzene rings is 1. The van der Waals surface area contributed by atoms with E-state index in [1.54, 1.807) is 11.3 Å².